The third-order valence-electron chi connectivity index (χ3n) is 5.56. The topological polar surface area (TPSA) is 27.7 Å². The van der Waals surface area contributed by atoms with Crippen molar-refractivity contribution in [1.29, 1.82) is 0 Å². The summed E-state index contributed by atoms with van der Waals surface area (Å²) in [5.74, 6) is 0. The smallest absolute Gasteiger partial charge is 0.192 e. The number of hydrogen-bond donors (Lipinski definition) is 0. The third-order valence-corrected chi connectivity index (χ3v) is 10.0. The molecule has 1 fully saturated rings. The lowest BCUT2D eigenvalue weighted by molar-refractivity contribution is -0.122. The van der Waals surface area contributed by atoms with Gasteiger partial charge in [-0.1, -0.05) is 51.1 Å². The molecule has 3 nitrogen and oxygen atoms in total. The van der Waals surface area contributed by atoms with Crippen molar-refractivity contribution >= 4 is 8.32 Å². The molecule has 0 aliphatic heterocycles. The van der Waals surface area contributed by atoms with Gasteiger partial charge in [-0.05, 0) is 43.0 Å². The lowest BCUT2D eigenvalue weighted by atomic mass is 9.92. The van der Waals surface area contributed by atoms with Crippen LogP contribution in [-0.4, -0.2) is 33.7 Å². The van der Waals surface area contributed by atoms with Crippen LogP contribution in [0.2, 0.25) is 18.1 Å². The van der Waals surface area contributed by atoms with Crippen LogP contribution < -0.4 is 0 Å². The van der Waals surface area contributed by atoms with Crippen LogP contribution in [0.15, 0.2) is 30.3 Å². The minimum absolute atomic E-state index is 0.0355. The molecule has 2 rings (SSSR count). The Bertz CT molecular complexity index is 495. The molecule has 1 aliphatic rings. The quantitative estimate of drug-likeness (QED) is 0.663. The molecular weight excluding hydrogens is 316 g/mol. The lowest BCUT2D eigenvalue weighted by Crippen LogP contribution is -2.53. The predicted octanol–water partition coefficient (Wildman–Crippen LogP) is 5.16. The van der Waals surface area contributed by atoms with E-state index in [1.165, 1.54) is 5.56 Å². The molecule has 0 unspecified atom stereocenters. The van der Waals surface area contributed by atoms with E-state index in [0.717, 1.165) is 19.3 Å². The summed E-state index contributed by atoms with van der Waals surface area (Å²) in [7, 11) is -0.0626. The van der Waals surface area contributed by atoms with Crippen molar-refractivity contribution in [3.63, 3.8) is 0 Å². The molecule has 1 aromatic carbocycles. The highest BCUT2D eigenvalue weighted by atomic mass is 28.4. The van der Waals surface area contributed by atoms with E-state index in [4.69, 9.17) is 13.9 Å². The highest BCUT2D eigenvalue weighted by Crippen LogP contribution is 2.40. The van der Waals surface area contributed by atoms with Gasteiger partial charge in [0.25, 0.3) is 0 Å². The maximum atomic E-state index is 6.74. The fraction of sp³-hybridized carbons (Fsp3) is 0.700. The first kappa shape index (κ1) is 19.6. The molecule has 3 atom stereocenters. The third kappa shape index (κ3) is 4.91. The predicted molar refractivity (Wildman–Crippen MR) is 102 cm³/mol. The Morgan fingerprint density at radius 1 is 1.04 bits per heavy atom. The van der Waals surface area contributed by atoms with Crippen LogP contribution in [-0.2, 0) is 20.5 Å². The van der Waals surface area contributed by atoms with Crippen LogP contribution in [0.3, 0.4) is 0 Å². The van der Waals surface area contributed by atoms with Crippen molar-refractivity contribution in [3.8, 4) is 0 Å². The van der Waals surface area contributed by atoms with Crippen LogP contribution in [0.4, 0.5) is 0 Å². The Morgan fingerprint density at radius 2 is 1.67 bits per heavy atom. The molecule has 24 heavy (non-hydrogen) atoms. The summed E-state index contributed by atoms with van der Waals surface area (Å²) in [6.45, 7) is 12.1. The van der Waals surface area contributed by atoms with Crippen molar-refractivity contribution in [2.75, 3.05) is 7.11 Å². The fourth-order valence-electron chi connectivity index (χ4n) is 2.96. The normalized spacial score (nSPS) is 25.7. The monoisotopic (exact) mass is 350 g/mol. The minimum Gasteiger partial charge on any atom is -0.409 e. The van der Waals surface area contributed by atoms with Gasteiger partial charge in [-0.2, -0.15) is 0 Å². The molecule has 1 aliphatic carbocycles. The molecule has 0 bridgehead atoms. The summed E-state index contributed by atoms with van der Waals surface area (Å²) >= 11 is 0. The Morgan fingerprint density at radius 3 is 2.25 bits per heavy atom. The van der Waals surface area contributed by atoms with Crippen LogP contribution >= 0.6 is 0 Å². The molecule has 0 saturated heterocycles. The zero-order valence-corrected chi connectivity index (χ0v) is 17.2. The zero-order valence-electron chi connectivity index (χ0n) is 16.2. The van der Waals surface area contributed by atoms with E-state index in [-0.39, 0.29) is 23.4 Å². The van der Waals surface area contributed by atoms with Gasteiger partial charge in [-0.3, -0.25) is 0 Å². The molecule has 0 aromatic heterocycles. The molecule has 0 radical (unpaired) electrons. The zero-order chi connectivity index (χ0) is 17.8. The highest BCUT2D eigenvalue weighted by Gasteiger charge is 2.44. The van der Waals surface area contributed by atoms with Crippen molar-refractivity contribution in [3.05, 3.63) is 35.9 Å². The molecular formula is C20H34O3Si. The Balaban J connectivity index is 2.09. The van der Waals surface area contributed by atoms with Gasteiger partial charge in [0.2, 0.25) is 0 Å². The Labute approximate surface area is 148 Å². The SMILES string of the molecule is CO[C@@H]1CCC[C@@H](OCc2ccccc2)[C@H]1O[Si](C)(C)C(C)(C)C. The highest BCUT2D eigenvalue weighted by molar-refractivity contribution is 6.74. The van der Waals surface area contributed by atoms with Gasteiger partial charge in [0.05, 0.1) is 24.9 Å². The molecule has 4 heteroatoms. The first-order chi connectivity index (χ1) is 11.2. The number of ether oxygens (including phenoxy) is 2. The second-order valence-electron chi connectivity index (χ2n) is 8.38. The van der Waals surface area contributed by atoms with Crippen molar-refractivity contribution in [2.24, 2.45) is 0 Å². The number of benzene rings is 1. The summed E-state index contributed by atoms with van der Waals surface area (Å²) in [4.78, 5) is 0. The number of methoxy groups -OCH3 is 1. The summed E-state index contributed by atoms with van der Waals surface area (Å²) < 4.78 is 18.8. The minimum atomic E-state index is -1.86. The average molecular weight is 351 g/mol. The van der Waals surface area contributed by atoms with Gasteiger partial charge >= 0.3 is 0 Å². The van der Waals surface area contributed by atoms with Crippen LogP contribution in [0.1, 0.15) is 45.6 Å². The second kappa shape index (κ2) is 8.13. The maximum absolute atomic E-state index is 6.74. The molecule has 0 heterocycles. The van der Waals surface area contributed by atoms with Crippen molar-refractivity contribution in [2.45, 2.75) is 83.1 Å². The average Bonchev–Trinajstić information content (AvgIpc) is 2.53. The van der Waals surface area contributed by atoms with Crippen molar-refractivity contribution < 1.29 is 13.9 Å². The van der Waals surface area contributed by atoms with E-state index in [0.29, 0.717) is 6.61 Å². The molecule has 136 valence electrons. The van der Waals surface area contributed by atoms with Crippen molar-refractivity contribution in [1.82, 2.24) is 0 Å². The van der Waals surface area contributed by atoms with Gasteiger partial charge in [0, 0.05) is 7.11 Å². The van der Waals surface area contributed by atoms with Gasteiger partial charge in [-0.25, -0.2) is 0 Å². The summed E-state index contributed by atoms with van der Waals surface area (Å²) in [5.41, 5.74) is 1.21. The fourth-order valence-corrected chi connectivity index (χ4v) is 4.30. The summed E-state index contributed by atoms with van der Waals surface area (Å²) in [6, 6.07) is 10.4. The largest absolute Gasteiger partial charge is 0.409 e. The second-order valence-corrected chi connectivity index (χ2v) is 13.1. The van der Waals surface area contributed by atoms with E-state index >= 15 is 0 Å². The number of rotatable bonds is 6. The summed E-state index contributed by atoms with van der Waals surface area (Å²) in [6.07, 6.45) is 3.52. The molecule has 1 saturated carbocycles. The standard InChI is InChI=1S/C20H34O3Si/c1-20(2,3)24(5,6)23-19-17(21-4)13-10-14-18(19)22-15-16-11-8-7-9-12-16/h7-9,11-12,17-19H,10,13-15H2,1-6H3/t17-,18-,19+/m1/s1. The van der Waals surface area contributed by atoms with Gasteiger partial charge in [0.15, 0.2) is 8.32 Å². The van der Waals surface area contributed by atoms with Crippen LogP contribution in [0.5, 0.6) is 0 Å². The Kier molecular flexibility index (Phi) is 6.65. The van der Waals surface area contributed by atoms with E-state index in [9.17, 15) is 0 Å². The van der Waals surface area contributed by atoms with E-state index in [1.54, 1.807) is 7.11 Å². The summed E-state index contributed by atoms with van der Waals surface area (Å²) in [5, 5.41) is 0.187. The van der Waals surface area contributed by atoms with Gasteiger partial charge in [-0.15, -0.1) is 0 Å². The first-order valence-corrected chi connectivity index (χ1v) is 12.0. The van der Waals surface area contributed by atoms with E-state index in [1.807, 2.05) is 6.07 Å². The van der Waals surface area contributed by atoms with Crippen LogP contribution in [0, 0.1) is 0 Å². The van der Waals surface area contributed by atoms with E-state index < -0.39 is 8.32 Å². The molecule has 1 aromatic rings. The molecule has 0 amide bonds. The van der Waals surface area contributed by atoms with Gasteiger partial charge in [0.1, 0.15) is 0 Å². The van der Waals surface area contributed by atoms with E-state index in [2.05, 4.69) is 58.1 Å². The Hall–Kier alpha value is -0.683. The van der Waals surface area contributed by atoms with Crippen LogP contribution in [0.25, 0.3) is 0 Å². The maximum Gasteiger partial charge on any atom is 0.192 e. The number of hydrogen-bond acceptors (Lipinski definition) is 3. The first-order valence-electron chi connectivity index (χ1n) is 9.11. The molecule has 0 spiro atoms. The van der Waals surface area contributed by atoms with Gasteiger partial charge < -0.3 is 13.9 Å². The lowest BCUT2D eigenvalue weighted by Gasteiger charge is -2.45. The molecule has 0 N–H and O–H groups in total.